The van der Waals surface area contributed by atoms with Gasteiger partial charge in [-0.1, -0.05) is 128 Å². The maximum absolute atomic E-state index is 13.0. The highest BCUT2D eigenvalue weighted by Crippen LogP contribution is 2.31. The maximum atomic E-state index is 13.0. The Morgan fingerprint density at radius 3 is 1.16 bits per heavy atom. The summed E-state index contributed by atoms with van der Waals surface area (Å²) in [5, 5.41) is 7.76. The van der Waals surface area contributed by atoms with E-state index >= 15 is 0 Å². The molecule has 0 saturated heterocycles. The van der Waals surface area contributed by atoms with Gasteiger partial charge in [0.2, 0.25) is 11.6 Å². The van der Waals surface area contributed by atoms with Gasteiger partial charge in [0.1, 0.15) is 11.4 Å². The quantitative estimate of drug-likeness (QED) is 0.0538. The lowest BCUT2D eigenvalue weighted by Crippen LogP contribution is -2.21. The first kappa shape index (κ1) is 41.4. The summed E-state index contributed by atoms with van der Waals surface area (Å²) in [6.07, 6.45) is 11.5. The van der Waals surface area contributed by atoms with Gasteiger partial charge >= 0.3 is 11.9 Å². The fraction of sp³-hybridized carbons (Fsp3) is 0.333. The summed E-state index contributed by atoms with van der Waals surface area (Å²) in [5.41, 5.74) is 1.81. The molecular formula is C45H48N2O6S2. The van der Waals surface area contributed by atoms with Crippen molar-refractivity contribution in [3.63, 3.8) is 0 Å². The van der Waals surface area contributed by atoms with Gasteiger partial charge in [0.05, 0.1) is 0 Å². The largest absolute Gasteiger partial charge is 0.331 e. The van der Waals surface area contributed by atoms with Crippen LogP contribution in [-0.2, 0) is 19.3 Å². The standard InChI is InChI=1S/C23H25NO3S.C22H23NO3S/c1-17(25)27-24-22(16-18-8-4-2-5-9-18)23(26)19-12-14-21(15-13-19)28-20-10-6-3-7-11-20;1-16(24)26-23-21(15-17-7-5-6-8-17)22(25)18-11-13-20(14-12-18)27-19-9-3-2-4-10-19/h3,6-7,10-15,18H,2,4-5,8-9,16H2,1H3;2-4,9-14,17H,5-8,15H2,1H3. The summed E-state index contributed by atoms with van der Waals surface area (Å²) >= 11 is 3.29. The molecule has 2 saturated carbocycles. The van der Waals surface area contributed by atoms with E-state index in [1.165, 1.54) is 46.0 Å². The highest BCUT2D eigenvalue weighted by Gasteiger charge is 2.24. The molecule has 0 bridgehead atoms. The lowest BCUT2D eigenvalue weighted by Gasteiger charge is -2.21. The van der Waals surface area contributed by atoms with E-state index in [1.54, 1.807) is 23.5 Å². The molecule has 0 aliphatic heterocycles. The predicted octanol–water partition coefficient (Wildman–Crippen LogP) is 11.4. The highest BCUT2D eigenvalue weighted by atomic mass is 32.2. The van der Waals surface area contributed by atoms with Gasteiger partial charge in [0, 0.05) is 44.6 Å². The molecule has 8 nitrogen and oxygen atoms in total. The van der Waals surface area contributed by atoms with E-state index in [-0.39, 0.29) is 11.6 Å². The fourth-order valence-corrected chi connectivity index (χ4v) is 8.34. The van der Waals surface area contributed by atoms with Gasteiger partial charge in [-0.15, -0.1) is 0 Å². The van der Waals surface area contributed by atoms with Crippen LogP contribution in [0.2, 0.25) is 0 Å². The molecule has 286 valence electrons. The Bertz CT molecular complexity index is 1920. The second-order valence-electron chi connectivity index (χ2n) is 13.8. The number of hydrogen-bond donors (Lipinski definition) is 0. The zero-order valence-corrected chi connectivity index (χ0v) is 33.1. The van der Waals surface area contributed by atoms with Crippen LogP contribution in [0.3, 0.4) is 0 Å². The Hall–Kier alpha value is -4.80. The molecule has 0 heterocycles. The number of nitrogens with zero attached hydrogens (tertiary/aromatic N) is 2. The van der Waals surface area contributed by atoms with E-state index in [9.17, 15) is 19.2 Å². The number of ketones is 2. The van der Waals surface area contributed by atoms with E-state index < -0.39 is 11.9 Å². The molecule has 2 aliphatic carbocycles. The minimum absolute atomic E-state index is 0.164. The third-order valence-electron chi connectivity index (χ3n) is 9.45. The van der Waals surface area contributed by atoms with E-state index in [1.807, 2.05) is 84.9 Å². The Labute approximate surface area is 332 Å². The lowest BCUT2D eigenvalue weighted by molar-refractivity contribution is -0.141. The Morgan fingerprint density at radius 2 is 0.818 bits per heavy atom. The van der Waals surface area contributed by atoms with E-state index in [0.29, 0.717) is 47.2 Å². The second-order valence-corrected chi connectivity index (χ2v) is 16.1. The van der Waals surface area contributed by atoms with Crippen LogP contribution in [0.4, 0.5) is 0 Å². The molecule has 6 rings (SSSR count). The molecule has 0 aromatic heterocycles. The maximum Gasteiger partial charge on any atom is 0.331 e. The molecule has 55 heavy (non-hydrogen) atoms. The molecule has 10 heteroatoms. The number of hydrogen-bond acceptors (Lipinski definition) is 10. The van der Waals surface area contributed by atoms with Crippen molar-refractivity contribution < 1.29 is 28.9 Å². The summed E-state index contributed by atoms with van der Waals surface area (Å²) in [5.74, 6) is -0.483. The SMILES string of the molecule is CC(=O)ON=C(CC1CCCC1)C(=O)c1ccc(Sc2ccccc2)cc1.CC(=O)ON=C(CC1CCCCC1)C(=O)c1ccc(Sc2ccccc2)cc1. The number of Topliss-reactive ketones (excluding diaryl/α,β-unsaturated/α-hetero) is 2. The second kappa shape index (κ2) is 21.9. The van der Waals surface area contributed by atoms with Crippen LogP contribution in [0.15, 0.2) is 139 Å². The zero-order chi connectivity index (χ0) is 38.8. The topological polar surface area (TPSA) is 111 Å². The van der Waals surface area contributed by atoms with Crippen molar-refractivity contribution >= 4 is 58.5 Å². The first-order valence-electron chi connectivity index (χ1n) is 19.0. The zero-order valence-electron chi connectivity index (χ0n) is 31.5. The van der Waals surface area contributed by atoms with Gasteiger partial charge in [-0.3, -0.25) is 9.59 Å². The summed E-state index contributed by atoms with van der Waals surface area (Å²) in [6, 6.07) is 35.2. The van der Waals surface area contributed by atoms with Crippen molar-refractivity contribution in [2.75, 3.05) is 0 Å². The predicted molar refractivity (Wildman–Crippen MR) is 219 cm³/mol. The number of oxime groups is 2. The molecule has 2 fully saturated rings. The van der Waals surface area contributed by atoms with Crippen molar-refractivity contribution in [2.24, 2.45) is 22.1 Å². The summed E-state index contributed by atoms with van der Waals surface area (Å²) < 4.78 is 0. The molecular weight excluding hydrogens is 729 g/mol. The first-order chi connectivity index (χ1) is 26.7. The van der Waals surface area contributed by atoms with Gasteiger partial charge in [-0.25, -0.2) is 9.59 Å². The van der Waals surface area contributed by atoms with Crippen molar-refractivity contribution in [1.82, 2.24) is 0 Å². The average Bonchev–Trinajstić information content (AvgIpc) is 3.73. The fourth-order valence-electron chi connectivity index (χ4n) is 6.67. The minimum atomic E-state index is -0.513. The van der Waals surface area contributed by atoms with Gasteiger partial charge in [-0.05, 0) is 97.5 Å². The Morgan fingerprint density at radius 1 is 0.491 bits per heavy atom. The molecule has 0 atom stereocenters. The lowest BCUT2D eigenvalue weighted by atomic mass is 9.84. The van der Waals surface area contributed by atoms with Crippen LogP contribution >= 0.6 is 23.5 Å². The highest BCUT2D eigenvalue weighted by molar-refractivity contribution is 7.99. The van der Waals surface area contributed by atoms with Crippen LogP contribution in [-0.4, -0.2) is 34.9 Å². The van der Waals surface area contributed by atoms with Gasteiger partial charge in [0.15, 0.2) is 0 Å². The van der Waals surface area contributed by atoms with Gasteiger partial charge in [0.25, 0.3) is 0 Å². The minimum Gasteiger partial charge on any atom is -0.318 e. The smallest absolute Gasteiger partial charge is 0.318 e. The normalized spacial score (nSPS) is 15.1. The van der Waals surface area contributed by atoms with Crippen molar-refractivity contribution in [1.29, 1.82) is 0 Å². The molecule has 0 amide bonds. The number of benzene rings is 4. The van der Waals surface area contributed by atoms with Crippen LogP contribution in [0.25, 0.3) is 0 Å². The Kier molecular flexibility index (Phi) is 16.5. The van der Waals surface area contributed by atoms with Crippen molar-refractivity contribution in [3.05, 3.63) is 120 Å². The van der Waals surface area contributed by atoms with Gasteiger partial charge in [-0.2, -0.15) is 0 Å². The Balaban J connectivity index is 0.000000211. The van der Waals surface area contributed by atoms with Crippen molar-refractivity contribution in [3.8, 4) is 0 Å². The van der Waals surface area contributed by atoms with Gasteiger partial charge < -0.3 is 9.68 Å². The summed E-state index contributed by atoms with van der Waals surface area (Å²) in [6.45, 7) is 2.58. The first-order valence-corrected chi connectivity index (χ1v) is 20.6. The van der Waals surface area contributed by atoms with E-state index in [2.05, 4.69) is 34.6 Å². The molecule has 2 aliphatic rings. The van der Waals surface area contributed by atoms with Crippen LogP contribution in [0.5, 0.6) is 0 Å². The molecule has 0 spiro atoms. The van der Waals surface area contributed by atoms with Crippen molar-refractivity contribution in [2.45, 2.75) is 104 Å². The monoisotopic (exact) mass is 776 g/mol. The number of rotatable bonds is 14. The van der Waals surface area contributed by atoms with Crippen LogP contribution < -0.4 is 0 Å². The number of carbonyl (C=O) groups excluding carboxylic acids is 4. The molecule has 4 aromatic carbocycles. The van der Waals surface area contributed by atoms with Crippen LogP contribution in [0.1, 0.15) is 105 Å². The molecule has 0 unspecified atom stereocenters. The van der Waals surface area contributed by atoms with E-state index in [0.717, 1.165) is 45.3 Å². The average molecular weight is 777 g/mol. The van der Waals surface area contributed by atoms with E-state index in [4.69, 9.17) is 9.68 Å². The number of carbonyl (C=O) groups is 4. The molecule has 0 N–H and O–H groups in total. The summed E-state index contributed by atoms with van der Waals surface area (Å²) in [7, 11) is 0. The third-order valence-corrected chi connectivity index (χ3v) is 11.5. The molecule has 0 radical (unpaired) electrons. The van der Waals surface area contributed by atoms with Crippen LogP contribution in [0, 0.1) is 11.8 Å². The molecule has 4 aromatic rings. The third kappa shape index (κ3) is 14.1. The summed E-state index contributed by atoms with van der Waals surface area (Å²) in [4.78, 5) is 62.2.